The largest absolute Gasteiger partial charge is 0.395 e. The zero-order valence-electron chi connectivity index (χ0n) is 12.1. The fourth-order valence-corrected chi connectivity index (χ4v) is 2.41. The standard InChI is InChI=1S/C13H27N3O2/c1-11(2)16(9-10-17)12(18)13(3,4)15-7-5-14-6-8-15/h11,14,17H,5-10H2,1-4H3. The van der Waals surface area contributed by atoms with Crippen molar-refractivity contribution in [1.82, 2.24) is 15.1 Å². The van der Waals surface area contributed by atoms with Crippen LogP contribution in [-0.2, 0) is 4.79 Å². The fourth-order valence-electron chi connectivity index (χ4n) is 2.41. The second-order valence-electron chi connectivity index (χ2n) is 5.61. The van der Waals surface area contributed by atoms with Crippen LogP contribution in [0.1, 0.15) is 27.7 Å². The Balaban J connectivity index is 2.77. The molecule has 1 heterocycles. The van der Waals surface area contributed by atoms with Crippen molar-refractivity contribution < 1.29 is 9.90 Å². The van der Waals surface area contributed by atoms with E-state index >= 15 is 0 Å². The minimum Gasteiger partial charge on any atom is -0.395 e. The highest BCUT2D eigenvalue weighted by Gasteiger charge is 2.38. The Morgan fingerprint density at radius 2 is 1.94 bits per heavy atom. The molecule has 1 fully saturated rings. The number of hydrogen-bond donors (Lipinski definition) is 2. The van der Waals surface area contributed by atoms with Crippen LogP contribution in [0.25, 0.3) is 0 Å². The van der Waals surface area contributed by atoms with Crippen LogP contribution < -0.4 is 5.32 Å². The van der Waals surface area contributed by atoms with Crippen LogP contribution in [-0.4, -0.2) is 71.7 Å². The average Bonchev–Trinajstić information content (AvgIpc) is 2.35. The summed E-state index contributed by atoms with van der Waals surface area (Å²) in [6.07, 6.45) is 0. The van der Waals surface area contributed by atoms with Gasteiger partial charge in [0.2, 0.25) is 5.91 Å². The minimum absolute atomic E-state index is 0.0154. The molecule has 0 aliphatic carbocycles. The molecule has 0 aromatic carbocycles. The van der Waals surface area contributed by atoms with Crippen molar-refractivity contribution in [3.05, 3.63) is 0 Å². The molecule has 106 valence electrons. The summed E-state index contributed by atoms with van der Waals surface area (Å²) in [7, 11) is 0. The number of amides is 1. The van der Waals surface area contributed by atoms with E-state index in [1.165, 1.54) is 0 Å². The Morgan fingerprint density at radius 3 is 2.39 bits per heavy atom. The number of nitrogens with one attached hydrogen (secondary N) is 1. The summed E-state index contributed by atoms with van der Waals surface area (Å²) >= 11 is 0. The molecule has 2 N–H and O–H groups in total. The van der Waals surface area contributed by atoms with Crippen molar-refractivity contribution in [3.63, 3.8) is 0 Å². The molecule has 0 bridgehead atoms. The minimum atomic E-state index is -0.498. The van der Waals surface area contributed by atoms with Gasteiger partial charge in [0.25, 0.3) is 0 Å². The van der Waals surface area contributed by atoms with Gasteiger partial charge in [0.1, 0.15) is 0 Å². The third-order valence-electron chi connectivity index (χ3n) is 3.66. The van der Waals surface area contributed by atoms with Gasteiger partial charge in [-0.1, -0.05) is 0 Å². The molecule has 5 nitrogen and oxygen atoms in total. The summed E-state index contributed by atoms with van der Waals surface area (Å²) in [5.41, 5.74) is -0.498. The van der Waals surface area contributed by atoms with Crippen molar-refractivity contribution in [2.45, 2.75) is 39.3 Å². The van der Waals surface area contributed by atoms with E-state index in [-0.39, 0.29) is 18.6 Å². The second-order valence-corrected chi connectivity index (χ2v) is 5.61. The lowest BCUT2D eigenvalue weighted by Gasteiger charge is -2.43. The summed E-state index contributed by atoms with van der Waals surface area (Å²) in [5.74, 6) is 0.105. The molecule has 0 spiro atoms. The van der Waals surface area contributed by atoms with E-state index in [0.717, 1.165) is 26.2 Å². The van der Waals surface area contributed by atoms with Crippen molar-refractivity contribution in [1.29, 1.82) is 0 Å². The number of carbonyl (C=O) groups is 1. The monoisotopic (exact) mass is 257 g/mol. The molecule has 0 atom stereocenters. The van der Waals surface area contributed by atoms with E-state index in [9.17, 15) is 4.79 Å². The number of aliphatic hydroxyl groups excluding tert-OH is 1. The first kappa shape index (κ1) is 15.4. The van der Waals surface area contributed by atoms with Crippen LogP contribution in [0, 0.1) is 0 Å². The van der Waals surface area contributed by atoms with Crippen LogP contribution in [0.2, 0.25) is 0 Å². The molecule has 0 unspecified atom stereocenters. The molecule has 0 saturated carbocycles. The molecule has 1 aliphatic rings. The summed E-state index contributed by atoms with van der Waals surface area (Å²) in [5, 5.41) is 12.4. The van der Waals surface area contributed by atoms with E-state index < -0.39 is 5.54 Å². The average molecular weight is 257 g/mol. The predicted molar refractivity (Wildman–Crippen MR) is 72.5 cm³/mol. The highest BCUT2D eigenvalue weighted by Crippen LogP contribution is 2.19. The number of piperazine rings is 1. The van der Waals surface area contributed by atoms with Gasteiger partial charge >= 0.3 is 0 Å². The number of carbonyl (C=O) groups excluding carboxylic acids is 1. The molecular formula is C13H27N3O2. The van der Waals surface area contributed by atoms with Crippen LogP contribution in [0.4, 0.5) is 0 Å². The summed E-state index contributed by atoms with van der Waals surface area (Å²) in [4.78, 5) is 16.6. The lowest BCUT2D eigenvalue weighted by molar-refractivity contribution is -0.145. The molecule has 0 aromatic rings. The van der Waals surface area contributed by atoms with Crippen LogP contribution in [0.5, 0.6) is 0 Å². The molecule has 1 amide bonds. The van der Waals surface area contributed by atoms with Crippen LogP contribution >= 0.6 is 0 Å². The maximum absolute atomic E-state index is 12.6. The molecule has 1 aliphatic heterocycles. The summed E-state index contributed by atoms with van der Waals surface area (Å²) in [6.45, 7) is 12.0. The highest BCUT2D eigenvalue weighted by atomic mass is 16.3. The third kappa shape index (κ3) is 3.43. The first-order valence-electron chi connectivity index (χ1n) is 6.79. The van der Waals surface area contributed by atoms with Gasteiger partial charge in [-0.25, -0.2) is 0 Å². The Bertz CT molecular complexity index is 273. The quantitative estimate of drug-likeness (QED) is 0.722. The van der Waals surface area contributed by atoms with Gasteiger partial charge in [0.15, 0.2) is 0 Å². The highest BCUT2D eigenvalue weighted by molar-refractivity contribution is 5.85. The van der Waals surface area contributed by atoms with Gasteiger partial charge in [-0.15, -0.1) is 0 Å². The molecule has 5 heteroatoms. The topological polar surface area (TPSA) is 55.8 Å². The van der Waals surface area contributed by atoms with Crippen molar-refractivity contribution in [3.8, 4) is 0 Å². The van der Waals surface area contributed by atoms with Crippen LogP contribution in [0.3, 0.4) is 0 Å². The fraction of sp³-hybridized carbons (Fsp3) is 0.923. The van der Waals surface area contributed by atoms with Gasteiger partial charge in [-0.05, 0) is 27.7 Å². The summed E-state index contributed by atoms with van der Waals surface area (Å²) < 4.78 is 0. The lowest BCUT2D eigenvalue weighted by atomic mass is 9.98. The first-order valence-corrected chi connectivity index (χ1v) is 6.79. The van der Waals surface area contributed by atoms with Gasteiger partial charge in [-0.3, -0.25) is 9.69 Å². The smallest absolute Gasteiger partial charge is 0.242 e. The SMILES string of the molecule is CC(C)N(CCO)C(=O)C(C)(C)N1CCNCC1. The maximum atomic E-state index is 12.6. The molecular weight excluding hydrogens is 230 g/mol. The number of rotatable bonds is 5. The zero-order chi connectivity index (χ0) is 13.8. The zero-order valence-corrected chi connectivity index (χ0v) is 12.1. The Kier molecular flexibility index (Phi) is 5.56. The van der Waals surface area contributed by atoms with Gasteiger partial charge in [-0.2, -0.15) is 0 Å². The van der Waals surface area contributed by atoms with Gasteiger partial charge in [0, 0.05) is 38.8 Å². The van der Waals surface area contributed by atoms with Gasteiger partial charge in [0.05, 0.1) is 12.1 Å². The molecule has 0 aromatic heterocycles. The normalized spacial score (nSPS) is 18.1. The van der Waals surface area contributed by atoms with E-state index in [0.29, 0.717) is 6.54 Å². The number of hydrogen-bond acceptors (Lipinski definition) is 4. The Hall–Kier alpha value is -0.650. The Morgan fingerprint density at radius 1 is 1.39 bits per heavy atom. The van der Waals surface area contributed by atoms with E-state index in [1.54, 1.807) is 4.90 Å². The van der Waals surface area contributed by atoms with E-state index in [4.69, 9.17) is 5.11 Å². The lowest BCUT2D eigenvalue weighted by Crippen LogP contribution is -2.61. The first-order chi connectivity index (χ1) is 8.41. The molecule has 1 rings (SSSR count). The molecule has 0 radical (unpaired) electrons. The molecule has 18 heavy (non-hydrogen) atoms. The second kappa shape index (κ2) is 6.50. The van der Waals surface area contributed by atoms with Crippen LogP contribution in [0.15, 0.2) is 0 Å². The van der Waals surface area contributed by atoms with E-state index in [1.807, 2.05) is 27.7 Å². The third-order valence-corrected chi connectivity index (χ3v) is 3.66. The maximum Gasteiger partial charge on any atom is 0.242 e. The molecule has 1 saturated heterocycles. The predicted octanol–water partition coefficient (Wildman–Crippen LogP) is -0.100. The van der Waals surface area contributed by atoms with Crippen molar-refractivity contribution >= 4 is 5.91 Å². The number of nitrogens with zero attached hydrogens (tertiary/aromatic N) is 2. The number of aliphatic hydroxyl groups is 1. The Labute approximate surface area is 110 Å². The van der Waals surface area contributed by atoms with Crippen molar-refractivity contribution in [2.24, 2.45) is 0 Å². The van der Waals surface area contributed by atoms with Gasteiger partial charge < -0.3 is 15.3 Å². The summed E-state index contributed by atoms with van der Waals surface area (Å²) in [6, 6.07) is 0.117. The van der Waals surface area contributed by atoms with Crippen molar-refractivity contribution in [2.75, 3.05) is 39.3 Å². The van der Waals surface area contributed by atoms with E-state index in [2.05, 4.69) is 10.2 Å².